The maximum absolute atomic E-state index is 14.4. The van der Waals surface area contributed by atoms with Crippen molar-refractivity contribution >= 4 is 21.6 Å². The van der Waals surface area contributed by atoms with E-state index in [0.717, 1.165) is 30.6 Å². The maximum atomic E-state index is 14.4. The lowest BCUT2D eigenvalue weighted by atomic mass is 9.94. The molecule has 9 heteroatoms. The molecule has 1 unspecified atom stereocenters. The third-order valence-corrected chi connectivity index (χ3v) is 8.73. The van der Waals surface area contributed by atoms with Crippen molar-refractivity contribution in [3.63, 3.8) is 0 Å². The molecule has 194 valence electrons. The lowest BCUT2D eigenvalue weighted by Crippen LogP contribution is -2.53. The molecule has 2 aromatic rings. The van der Waals surface area contributed by atoms with Gasteiger partial charge in [-0.2, -0.15) is 0 Å². The normalized spacial score (nSPS) is 22.2. The molecule has 2 heterocycles. The predicted molar refractivity (Wildman–Crippen MR) is 140 cm³/mol. The van der Waals surface area contributed by atoms with Gasteiger partial charge in [0.15, 0.2) is 0 Å². The summed E-state index contributed by atoms with van der Waals surface area (Å²) in [4.78, 5) is 2.26. The fourth-order valence-corrected chi connectivity index (χ4v) is 6.34. The van der Waals surface area contributed by atoms with Crippen LogP contribution >= 0.6 is 0 Å². The Labute approximate surface area is 212 Å². The molecule has 0 aromatic heterocycles. The van der Waals surface area contributed by atoms with Gasteiger partial charge in [0.05, 0.1) is 6.04 Å². The van der Waals surface area contributed by atoms with Gasteiger partial charge in [0, 0.05) is 25.3 Å². The fraction of sp³-hybridized carbons (Fsp3) is 0.444. The van der Waals surface area contributed by atoms with Crippen molar-refractivity contribution in [3.05, 3.63) is 77.1 Å². The van der Waals surface area contributed by atoms with Crippen LogP contribution in [0.5, 0.6) is 0 Å². The highest BCUT2D eigenvalue weighted by atomic mass is 32.2. The van der Waals surface area contributed by atoms with Crippen molar-refractivity contribution in [2.45, 2.75) is 50.0 Å². The number of halogens is 1. The second-order valence-corrected chi connectivity index (χ2v) is 11.8. The Morgan fingerprint density at radius 1 is 1.22 bits per heavy atom. The van der Waals surface area contributed by atoms with Gasteiger partial charge < -0.3 is 20.1 Å². The van der Waals surface area contributed by atoms with Gasteiger partial charge >= 0.3 is 6.02 Å². The number of nitrogens with zero attached hydrogens (tertiary/aromatic N) is 2. The molecule has 0 saturated heterocycles. The van der Waals surface area contributed by atoms with E-state index in [-0.39, 0.29) is 25.5 Å². The van der Waals surface area contributed by atoms with Gasteiger partial charge in [0.25, 0.3) is 10.0 Å². The average Bonchev–Trinajstić information content (AvgIpc) is 2.82. The molecular weight excluding hydrogens is 481 g/mol. The number of hydrogen-bond acceptors (Lipinski definition) is 6. The zero-order chi connectivity index (χ0) is 25.9. The lowest BCUT2D eigenvalue weighted by Gasteiger charge is -2.38. The number of rotatable bonds is 7. The lowest BCUT2D eigenvalue weighted by molar-refractivity contribution is 0.0760. The molecule has 0 radical (unpaired) electrons. The van der Waals surface area contributed by atoms with Crippen molar-refractivity contribution in [3.8, 4) is 0 Å². The van der Waals surface area contributed by atoms with E-state index in [0.29, 0.717) is 5.56 Å². The third-order valence-electron chi connectivity index (χ3n) is 6.86. The summed E-state index contributed by atoms with van der Waals surface area (Å²) in [6, 6.07) is 13.3. The number of nitrogens with one attached hydrogen (secondary N) is 1. The van der Waals surface area contributed by atoms with Crippen LogP contribution < -0.4 is 5.32 Å². The summed E-state index contributed by atoms with van der Waals surface area (Å²) >= 11 is 0. The number of sulfonamides is 1. The maximum Gasteiger partial charge on any atom is 0.301 e. The van der Waals surface area contributed by atoms with Gasteiger partial charge in [0.1, 0.15) is 16.7 Å². The van der Waals surface area contributed by atoms with E-state index in [4.69, 9.17) is 4.74 Å². The van der Waals surface area contributed by atoms with Crippen molar-refractivity contribution < 1.29 is 22.7 Å². The molecule has 0 spiro atoms. The summed E-state index contributed by atoms with van der Waals surface area (Å²) < 4.78 is 50.8. The Bertz CT molecular complexity index is 1240. The average molecular weight is 516 g/mol. The van der Waals surface area contributed by atoms with E-state index >= 15 is 0 Å². The van der Waals surface area contributed by atoms with Crippen LogP contribution in [-0.4, -0.2) is 62.0 Å². The summed E-state index contributed by atoms with van der Waals surface area (Å²) in [5, 5.41) is 11.5. The number of aliphatic hydroxyl groups excluding tert-OH is 1. The van der Waals surface area contributed by atoms with Crippen LogP contribution in [-0.2, 0) is 21.2 Å². The van der Waals surface area contributed by atoms with Gasteiger partial charge in [-0.05, 0) is 62.9 Å². The molecule has 0 fully saturated rings. The Hall–Kier alpha value is -2.75. The topological polar surface area (TPSA) is 91.2 Å². The zero-order valence-electron chi connectivity index (χ0n) is 20.9. The standard InChI is InChI=1S/C27H34FN3O4S/c1-27(2)25(18-19-8-10-20(11-9-19)21-12-15-31(3)16-13-21)36(33,34)30-26(35-27)29-24(14-17-32)22-6-4-5-7-23(22)28/h4-12,24-25,32H,13-18H2,1-3H3,(H,29,30)/t24-,25?/m0/s1. The minimum absolute atomic E-state index is 0.159. The van der Waals surface area contributed by atoms with Crippen LogP contribution in [0.2, 0.25) is 0 Å². The second-order valence-electron chi connectivity index (χ2n) is 9.98. The van der Waals surface area contributed by atoms with Crippen molar-refractivity contribution in [2.75, 3.05) is 26.7 Å². The Kier molecular flexibility index (Phi) is 7.82. The highest BCUT2D eigenvalue weighted by Crippen LogP contribution is 2.32. The number of hydrogen-bond donors (Lipinski definition) is 2. The van der Waals surface area contributed by atoms with Gasteiger partial charge in [-0.1, -0.05) is 48.5 Å². The molecule has 0 saturated carbocycles. The highest BCUT2D eigenvalue weighted by Gasteiger charge is 2.46. The van der Waals surface area contributed by atoms with E-state index in [1.165, 1.54) is 11.6 Å². The summed E-state index contributed by atoms with van der Waals surface area (Å²) in [5.74, 6) is -0.459. The van der Waals surface area contributed by atoms with Crippen LogP contribution in [0, 0.1) is 5.82 Å². The van der Waals surface area contributed by atoms with E-state index in [9.17, 15) is 17.9 Å². The quantitative estimate of drug-likeness (QED) is 0.585. The fourth-order valence-electron chi connectivity index (χ4n) is 4.72. The molecule has 0 aliphatic carbocycles. The smallest absolute Gasteiger partial charge is 0.301 e. The predicted octanol–water partition coefficient (Wildman–Crippen LogP) is 3.66. The van der Waals surface area contributed by atoms with Gasteiger partial charge in [0.2, 0.25) is 0 Å². The van der Waals surface area contributed by atoms with E-state index < -0.39 is 32.7 Å². The molecule has 2 atom stereocenters. The van der Waals surface area contributed by atoms with Crippen molar-refractivity contribution in [1.82, 2.24) is 10.2 Å². The van der Waals surface area contributed by atoms with Gasteiger partial charge in [-0.25, -0.2) is 12.8 Å². The molecule has 36 heavy (non-hydrogen) atoms. The summed E-state index contributed by atoms with van der Waals surface area (Å²) in [6.45, 7) is 5.15. The monoisotopic (exact) mass is 515 g/mol. The second kappa shape index (κ2) is 10.7. The first kappa shape index (κ1) is 26.3. The summed E-state index contributed by atoms with van der Waals surface area (Å²) in [6.07, 6.45) is 3.63. The zero-order valence-corrected chi connectivity index (χ0v) is 21.8. The molecule has 0 bridgehead atoms. The van der Waals surface area contributed by atoms with Crippen molar-refractivity contribution in [2.24, 2.45) is 4.40 Å². The van der Waals surface area contributed by atoms with Crippen LogP contribution in [0.15, 0.2) is 59.0 Å². The van der Waals surface area contributed by atoms with Crippen LogP contribution in [0.4, 0.5) is 4.39 Å². The first-order valence-corrected chi connectivity index (χ1v) is 13.7. The molecular formula is C27H34FN3O4S. The highest BCUT2D eigenvalue weighted by molar-refractivity contribution is 7.91. The van der Waals surface area contributed by atoms with Crippen LogP contribution in [0.1, 0.15) is 49.4 Å². The van der Waals surface area contributed by atoms with E-state index in [1.807, 2.05) is 24.3 Å². The Morgan fingerprint density at radius 3 is 2.56 bits per heavy atom. The Morgan fingerprint density at radius 2 is 1.94 bits per heavy atom. The number of aliphatic hydroxyl groups is 1. The summed E-state index contributed by atoms with van der Waals surface area (Å²) in [7, 11) is -1.84. The minimum Gasteiger partial charge on any atom is -0.457 e. The first-order chi connectivity index (χ1) is 17.1. The van der Waals surface area contributed by atoms with Gasteiger partial charge in [-0.3, -0.25) is 0 Å². The van der Waals surface area contributed by atoms with E-state index in [2.05, 4.69) is 27.7 Å². The number of ether oxygens (including phenoxy) is 1. The molecule has 7 nitrogen and oxygen atoms in total. The largest absolute Gasteiger partial charge is 0.457 e. The minimum atomic E-state index is -3.94. The molecule has 4 rings (SSSR count). The molecule has 0 amide bonds. The van der Waals surface area contributed by atoms with Crippen LogP contribution in [0.3, 0.4) is 0 Å². The molecule has 2 aliphatic rings. The summed E-state index contributed by atoms with van der Waals surface area (Å²) in [5.41, 5.74) is 2.56. The third kappa shape index (κ3) is 5.96. The molecule has 2 N–H and O–H groups in total. The molecule has 2 aliphatic heterocycles. The Balaban J connectivity index is 1.52. The SMILES string of the molecule is CN1CC=C(c2ccc(CC3C(C)(C)OC(N[C@@H](CCO)c4ccccc4F)=NS3(=O)=O)cc2)CC1. The van der Waals surface area contributed by atoms with Crippen LogP contribution in [0.25, 0.3) is 5.57 Å². The van der Waals surface area contributed by atoms with Crippen molar-refractivity contribution in [1.29, 1.82) is 0 Å². The number of amidine groups is 1. The number of likely N-dealkylation sites (N-methyl/N-ethyl adjacent to an activating group) is 1. The first-order valence-electron chi connectivity index (χ1n) is 12.2. The van der Waals surface area contributed by atoms with E-state index in [1.54, 1.807) is 32.0 Å². The molecule has 2 aromatic carbocycles. The van der Waals surface area contributed by atoms with Gasteiger partial charge in [-0.15, -0.1) is 4.40 Å². The number of benzene rings is 2.